The van der Waals surface area contributed by atoms with Gasteiger partial charge in [0.1, 0.15) is 12.2 Å². The number of likely N-dealkylation sites (tertiary alicyclic amines) is 1. The number of carbonyl (C=O) groups is 1. The number of amides is 1. The zero-order valence-corrected chi connectivity index (χ0v) is 18.9. The monoisotopic (exact) mass is 495 g/mol. The van der Waals surface area contributed by atoms with Gasteiger partial charge >= 0.3 is 6.18 Å². The van der Waals surface area contributed by atoms with Gasteiger partial charge < -0.3 is 4.90 Å². The van der Waals surface area contributed by atoms with Crippen molar-refractivity contribution in [2.24, 2.45) is 13.0 Å². The third-order valence-corrected chi connectivity index (χ3v) is 5.93. The fourth-order valence-corrected chi connectivity index (χ4v) is 4.34. The Bertz CT molecular complexity index is 1180. The summed E-state index contributed by atoms with van der Waals surface area (Å²) in [7, 11) is 1.61. The molecule has 0 bridgehead atoms. The Morgan fingerprint density at radius 1 is 1.20 bits per heavy atom. The van der Waals surface area contributed by atoms with Crippen molar-refractivity contribution in [1.29, 1.82) is 0 Å². The molecular weight excluding hydrogens is 473 g/mol. The van der Waals surface area contributed by atoms with E-state index in [2.05, 4.69) is 25.0 Å². The fourth-order valence-electron chi connectivity index (χ4n) is 4.34. The molecule has 2 atom stereocenters. The Morgan fingerprint density at radius 3 is 2.54 bits per heavy atom. The average Bonchev–Trinajstić information content (AvgIpc) is 3.19. The van der Waals surface area contributed by atoms with E-state index in [1.54, 1.807) is 26.2 Å². The number of nitrogens with zero attached hydrogens (tertiary/aromatic N) is 7. The predicted molar refractivity (Wildman–Crippen MR) is 113 cm³/mol. The van der Waals surface area contributed by atoms with E-state index in [1.165, 1.54) is 17.2 Å². The Hall–Kier alpha value is -3.51. The Balaban J connectivity index is 1.60. The molecule has 0 saturated carbocycles. The number of aromatic nitrogens is 6. The maximum absolute atomic E-state index is 14.5. The van der Waals surface area contributed by atoms with E-state index in [0.717, 1.165) is 4.90 Å². The number of hydrogen-bond donors (Lipinski definition) is 0. The maximum atomic E-state index is 14.5. The number of aryl methyl sites for hydroxylation is 2. The summed E-state index contributed by atoms with van der Waals surface area (Å²) in [4.78, 5) is 30.1. The maximum Gasteiger partial charge on any atom is 0.419 e. The number of rotatable bonds is 5. The number of carbonyl (C=O) groups excluding carboxylic acids is 1. The van der Waals surface area contributed by atoms with E-state index in [1.807, 2.05) is 0 Å². The lowest BCUT2D eigenvalue weighted by Gasteiger charge is -2.43. The van der Waals surface area contributed by atoms with Crippen LogP contribution in [-0.2, 0) is 19.6 Å². The van der Waals surface area contributed by atoms with Gasteiger partial charge in [-0.15, -0.1) is 0 Å². The molecule has 8 nitrogen and oxygen atoms in total. The molecule has 4 heterocycles. The molecule has 1 aliphatic rings. The van der Waals surface area contributed by atoms with Crippen molar-refractivity contribution in [2.45, 2.75) is 44.3 Å². The first kappa shape index (κ1) is 24.6. The molecule has 3 aromatic heterocycles. The van der Waals surface area contributed by atoms with Gasteiger partial charge in [-0.2, -0.15) is 18.3 Å². The molecule has 0 N–H and O–H groups in total. The van der Waals surface area contributed by atoms with Gasteiger partial charge in [-0.25, -0.2) is 28.7 Å². The van der Waals surface area contributed by atoms with Crippen LogP contribution in [0.2, 0.25) is 0 Å². The number of piperidine rings is 1. The smallest absolute Gasteiger partial charge is 0.328 e. The minimum atomic E-state index is -4.56. The van der Waals surface area contributed by atoms with Gasteiger partial charge in [-0.3, -0.25) is 9.48 Å². The second-order valence-electron chi connectivity index (χ2n) is 8.62. The summed E-state index contributed by atoms with van der Waals surface area (Å²) in [5, 5.41) is 4.21. The van der Waals surface area contributed by atoms with Crippen LogP contribution in [0.3, 0.4) is 0 Å². The normalized spacial score (nSPS) is 20.1. The molecular formula is C22H22F5N7O. The summed E-state index contributed by atoms with van der Waals surface area (Å²) >= 11 is 0. The molecule has 1 amide bonds. The highest BCUT2D eigenvalue weighted by molar-refractivity contribution is 5.98. The second-order valence-corrected chi connectivity index (χ2v) is 8.62. The molecule has 0 radical (unpaired) electrons. The lowest BCUT2D eigenvalue weighted by atomic mass is 9.85. The van der Waals surface area contributed by atoms with Crippen LogP contribution in [0.5, 0.6) is 0 Å². The van der Waals surface area contributed by atoms with E-state index in [9.17, 15) is 26.7 Å². The predicted octanol–water partition coefficient (Wildman–Crippen LogP) is 3.80. The van der Waals surface area contributed by atoms with Gasteiger partial charge in [0.15, 0.2) is 5.69 Å². The van der Waals surface area contributed by atoms with E-state index >= 15 is 0 Å². The summed E-state index contributed by atoms with van der Waals surface area (Å²) in [6, 6.07) is 0.967. The summed E-state index contributed by atoms with van der Waals surface area (Å²) in [5.74, 6) is -4.22. The van der Waals surface area contributed by atoms with Gasteiger partial charge in [0.05, 0.1) is 23.4 Å². The molecule has 186 valence electrons. The molecule has 35 heavy (non-hydrogen) atoms. The van der Waals surface area contributed by atoms with Crippen molar-refractivity contribution in [1.82, 2.24) is 34.6 Å². The van der Waals surface area contributed by atoms with Crippen LogP contribution in [0.4, 0.5) is 22.0 Å². The summed E-state index contributed by atoms with van der Waals surface area (Å²) < 4.78 is 68.8. The largest absolute Gasteiger partial charge is 0.419 e. The van der Waals surface area contributed by atoms with E-state index in [4.69, 9.17) is 0 Å². The molecule has 1 aliphatic heterocycles. The highest BCUT2D eigenvalue weighted by Gasteiger charge is 2.46. The quantitative estimate of drug-likeness (QED) is 0.501. The Kier molecular flexibility index (Phi) is 6.52. The second kappa shape index (κ2) is 9.27. The topological polar surface area (TPSA) is 89.7 Å². The van der Waals surface area contributed by atoms with Crippen molar-refractivity contribution >= 4 is 5.91 Å². The van der Waals surface area contributed by atoms with Crippen molar-refractivity contribution in [2.75, 3.05) is 6.54 Å². The molecule has 0 aromatic carbocycles. The van der Waals surface area contributed by atoms with Gasteiger partial charge in [0.2, 0.25) is 0 Å². The first-order valence-electron chi connectivity index (χ1n) is 10.8. The van der Waals surface area contributed by atoms with Crippen molar-refractivity contribution in [3.8, 4) is 11.3 Å². The first-order chi connectivity index (χ1) is 16.4. The number of hydrogen-bond acceptors (Lipinski definition) is 6. The van der Waals surface area contributed by atoms with Crippen LogP contribution >= 0.6 is 0 Å². The molecule has 1 saturated heterocycles. The molecule has 3 aromatic rings. The van der Waals surface area contributed by atoms with Crippen LogP contribution < -0.4 is 0 Å². The Morgan fingerprint density at radius 2 is 1.91 bits per heavy atom. The van der Waals surface area contributed by atoms with Crippen LogP contribution in [0, 0.1) is 5.92 Å². The van der Waals surface area contributed by atoms with Crippen molar-refractivity contribution in [3.63, 3.8) is 0 Å². The zero-order valence-electron chi connectivity index (χ0n) is 18.9. The fraction of sp³-hybridized carbons (Fsp3) is 0.455. The van der Waals surface area contributed by atoms with Crippen molar-refractivity contribution < 1.29 is 26.7 Å². The highest BCUT2D eigenvalue weighted by atomic mass is 19.4. The van der Waals surface area contributed by atoms with E-state index < -0.39 is 48.5 Å². The third-order valence-electron chi connectivity index (χ3n) is 5.93. The van der Waals surface area contributed by atoms with Crippen LogP contribution in [-0.4, -0.2) is 59.0 Å². The highest BCUT2D eigenvalue weighted by Crippen LogP contribution is 2.37. The van der Waals surface area contributed by atoms with Crippen molar-refractivity contribution in [3.05, 3.63) is 54.3 Å². The van der Waals surface area contributed by atoms with E-state index in [-0.39, 0.29) is 24.4 Å². The van der Waals surface area contributed by atoms with Gasteiger partial charge in [0.25, 0.3) is 11.8 Å². The SMILES string of the molecule is C[C@@H]1CC(F)(F)CN(C(=O)c2nn(C)cc2-c2ccncn2)[C@@H]1CCc1ncc(C(F)(F)F)cn1. The molecule has 0 unspecified atom stereocenters. The molecule has 1 fully saturated rings. The zero-order chi connectivity index (χ0) is 25.4. The van der Waals surface area contributed by atoms with Crippen LogP contribution in [0.15, 0.2) is 37.2 Å². The number of alkyl halides is 5. The van der Waals surface area contributed by atoms with Gasteiger partial charge in [-0.05, 0) is 18.4 Å². The standard InChI is InChI=1S/C22H22F5N7O/c1-13-7-21(23,24)11-34(17(13)3-4-18-29-8-14(9-30-18)22(25,26)27)20(35)19-15(10-33(2)32-19)16-5-6-28-12-31-16/h5-6,8-10,12-13,17H,3-4,7,11H2,1-2H3/t13-,17-/m1/s1. The van der Waals surface area contributed by atoms with Crippen LogP contribution in [0.1, 0.15) is 41.6 Å². The summed E-state index contributed by atoms with van der Waals surface area (Å²) in [6.45, 7) is 0.823. The molecule has 4 rings (SSSR count). The minimum absolute atomic E-state index is 0.0214. The van der Waals surface area contributed by atoms with Gasteiger partial charge in [0, 0.05) is 50.7 Å². The molecule has 0 spiro atoms. The molecule has 13 heteroatoms. The number of halogens is 5. The molecule has 0 aliphatic carbocycles. The average molecular weight is 495 g/mol. The summed E-state index contributed by atoms with van der Waals surface area (Å²) in [6.07, 6.45) is 1.08. The lowest BCUT2D eigenvalue weighted by molar-refractivity contribution is -0.138. The lowest BCUT2D eigenvalue weighted by Crippen LogP contribution is -2.55. The summed E-state index contributed by atoms with van der Waals surface area (Å²) in [5.41, 5.74) is -0.197. The first-order valence-corrected chi connectivity index (χ1v) is 10.8. The van der Waals surface area contributed by atoms with Gasteiger partial charge in [-0.1, -0.05) is 6.92 Å². The minimum Gasteiger partial charge on any atom is -0.328 e. The van der Waals surface area contributed by atoms with E-state index in [0.29, 0.717) is 23.7 Å². The Labute approximate surface area is 197 Å². The van der Waals surface area contributed by atoms with Crippen LogP contribution in [0.25, 0.3) is 11.3 Å². The third kappa shape index (κ3) is 5.43.